The van der Waals surface area contributed by atoms with Crippen molar-refractivity contribution in [1.29, 1.82) is 0 Å². The third-order valence-electron chi connectivity index (χ3n) is 3.11. The molecule has 21 heavy (non-hydrogen) atoms. The van der Waals surface area contributed by atoms with Crippen LogP contribution in [-0.4, -0.2) is 26.1 Å². The van der Waals surface area contributed by atoms with E-state index in [-0.39, 0.29) is 11.4 Å². The highest BCUT2D eigenvalue weighted by atomic mass is 16.4. The van der Waals surface area contributed by atoms with Crippen molar-refractivity contribution in [2.75, 3.05) is 0 Å². The molecule has 3 rings (SSSR count). The molecule has 0 spiro atoms. The van der Waals surface area contributed by atoms with Crippen LogP contribution in [0.1, 0.15) is 5.56 Å². The highest BCUT2D eigenvalue weighted by molar-refractivity contribution is 6.18. The standard InChI is InChI=1S/C15H12N4O2/c16-13(10-6-2-1-3-7-10)14(15(20)21)19-12-9-5-4-8-11(12)17-18-19/h1-9H,16H2,(H,20,21)/b14-13+. The third-order valence-corrected chi connectivity index (χ3v) is 3.11. The number of aromatic nitrogens is 3. The second-order valence-corrected chi connectivity index (χ2v) is 4.42. The zero-order valence-electron chi connectivity index (χ0n) is 11.0. The molecule has 0 aliphatic heterocycles. The first-order valence-electron chi connectivity index (χ1n) is 6.28. The Labute approximate surface area is 120 Å². The van der Waals surface area contributed by atoms with Gasteiger partial charge in [-0.2, -0.15) is 0 Å². The van der Waals surface area contributed by atoms with Crippen LogP contribution in [0.2, 0.25) is 0 Å². The number of hydrogen-bond acceptors (Lipinski definition) is 4. The average molecular weight is 280 g/mol. The molecule has 0 saturated heterocycles. The van der Waals surface area contributed by atoms with Crippen molar-refractivity contribution >= 4 is 28.4 Å². The molecule has 104 valence electrons. The summed E-state index contributed by atoms with van der Waals surface area (Å²) < 4.78 is 1.25. The molecule has 6 nitrogen and oxygen atoms in total. The number of carboxylic acid groups (broad SMARTS) is 1. The summed E-state index contributed by atoms with van der Waals surface area (Å²) in [5.41, 5.74) is 7.87. The number of aliphatic carboxylic acids is 1. The Kier molecular flexibility index (Phi) is 3.12. The summed E-state index contributed by atoms with van der Waals surface area (Å²) in [7, 11) is 0. The number of carboxylic acids is 1. The number of para-hydroxylation sites is 1. The molecule has 0 aliphatic rings. The lowest BCUT2D eigenvalue weighted by atomic mass is 10.1. The fourth-order valence-corrected chi connectivity index (χ4v) is 2.11. The van der Waals surface area contributed by atoms with Gasteiger partial charge in [0.25, 0.3) is 0 Å². The molecule has 3 aromatic rings. The first-order chi connectivity index (χ1) is 10.2. The van der Waals surface area contributed by atoms with Crippen molar-refractivity contribution in [2.45, 2.75) is 0 Å². The maximum Gasteiger partial charge on any atom is 0.356 e. The van der Waals surface area contributed by atoms with E-state index in [0.717, 1.165) is 0 Å². The van der Waals surface area contributed by atoms with E-state index in [4.69, 9.17) is 5.73 Å². The van der Waals surface area contributed by atoms with Gasteiger partial charge in [0.1, 0.15) is 5.52 Å². The molecule has 1 aromatic heterocycles. The van der Waals surface area contributed by atoms with E-state index in [2.05, 4.69) is 10.3 Å². The summed E-state index contributed by atoms with van der Waals surface area (Å²) in [6.07, 6.45) is 0. The fraction of sp³-hybridized carbons (Fsp3) is 0. The molecule has 0 amide bonds. The fourth-order valence-electron chi connectivity index (χ4n) is 2.11. The minimum absolute atomic E-state index is 0.116. The van der Waals surface area contributed by atoms with E-state index in [9.17, 15) is 9.90 Å². The molecule has 0 bridgehead atoms. The molecule has 0 aliphatic carbocycles. The van der Waals surface area contributed by atoms with Crippen LogP contribution in [0.15, 0.2) is 54.6 Å². The van der Waals surface area contributed by atoms with E-state index in [1.54, 1.807) is 42.5 Å². The van der Waals surface area contributed by atoms with Crippen LogP contribution in [0.25, 0.3) is 22.4 Å². The molecule has 2 aromatic carbocycles. The van der Waals surface area contributed by atoms with Crippen LogP contribution >= 0.6 is 0 Å². The number of nitrogens with two attached hydrogens (primary N) is 1. The Bertz CT molecular complexity index is 837. The molecular weight excluding hydrogens is 268 g/mol. The monoisotopic (exact) mass is 280 g/mol. The summed E-state index contributed by atoms with van der Waals surface area (Å²) in [6, 6.07) is 16.0. The number of hydrogen-bond donors (Lipinski definition) is 2. The van der Waals surface area contributed by atoms with Crippen LogP contribution in [0.4, 0.5) is 0 Å². The Morgan fingerprint density at radius 3 is 2.43 bits per heavy atom. The maximum atomic E-state index is 11.6. The Morgan fingerprint density at radius 2 is 1.71 bits per heavy atom. The first-order valence-corrected chi connectivity index (χ1v) is 6.28. The van der Waals surface area contributed by atoms with E-state index in [1.165, 1.54) is 4.68 Å². The van der Waals surface area contributed by atoms with Gasteiger partial charge in [0.15, 0.2) is 5.70 Å². The normalized spacial score (nSPS) is 12.2. The first kappa shape index (κ1) is 12.9. The van der Waals surface area contributed by atoms with E-state index >= 15 is 0 Å². The summed E-state index contributed by atoms with van der Waals surface area (Å²) in [5.74, 6) is -1.16. The zero-order chi connectivity index (χ0) is 14.8. The van der Waals surface area contributed by atoms with Gasteiger partial charge >= 0.3 is 5.97 Å². The van der Waals surface area contributed by atoms with Gasteiger partial charge in [0.2, 0.25) is 0 Å². The van der Waals surface area contributed by atoms with Crippen molar-refractivity contribution in [2.24, 2.45) is 5.73 Å². The zero-order valence-corrected chi connectivity index (χ0v) is 11.0. The number of fused-ring (bicyclic) bond motifs is 1. The largest absolute Gasteiger partial charge is 0.476 e. The molecule has 0 unspecified atom stereocenters. The number of nitrogens with zero attached hydrogens (tertiary/aromatic N) is 3. The summed E-state index contributed by atoms with van der Waals surface area (Å²) >= 11 is 0. The van der Waals surface area contributed by atoms with Gasteiger partial charge in [-0.25, -0.2) is 9.48 Å². The third kappa shape index (κ3) is 2.23. The lowest BCUT2D eigenvalue weighted by Crippen LogP contribution is -2.15. The van der Waals surface area contributed by atoms with Gasteiger partial charge in [0.05, 0.1) is 11.2 Å². The van der Waals surface area contributed by atoms with Crippen molar-refractivity contribution < 1.29 is 9.90 Å². The molecule has 1 heterocycles. The minimum Gasteiger partial charge on any atom is -0.476 e. The highest BCUT2D eigenvalue weighted by Crippen LogP contribution is 2.21. The van der Waals surface area contributed by atoms with E-state index in [0.29, 0.717) is 16.6 Å². The lowest BCUT2D eigenvalue weighted by molar-refractivity contribution is -0.130. The van der Waals surface area contributed by atoms with Crippen LogP contribution in [0, 0.1) is 0 Å². The molecule has 0 radical (unpaired) electrons. The van der Waals surface area contributed by atoms with Crippen molar-refractivity contribution in [3.63, 3.8) is 0 Å². The Morgan fingerprint density at radius 1 is 1.05 bits per heavy atom. The van der Waals surface area contributed by atoms with E-state index < -0.39 is 5.97 Å². The van der Waals surface area contributed by atoms with Gasteiger partial charge in [-0.3, -0.25) is 0 Å². The van der Waals surface area contributed by atoms with Crippen LogP contribution < -0.4 is 5.73 Å². The van der Waals surface area contributed by atoms with Gasteiger partial charge in [-0.1, -0.05) is 47.7 Å². The number of rotatable bonds is 3. The summed E-state index contributed by atoms with van der Waals surface area (Å²) in [6.45, 7) is 0. The average Bonchev–Trinajstić information content (AvgIpc) is 2.92. The summed E-state index contributed by atoms with van der Waals surface area (Å²) in [5, 5.41) is 17.4. The second-order valence-electron chi connectivity index (χ2n) is 4.42. The van der Waals surface area contributed by atoms with E-state index in [1.807, 2.05) is 12.1 Å². The molecular formula is C15H12N4O2. The molecule has 0 saturated carbocycles. The van der Waals surface area contributed by atoms with Crippen LogP contribution in [0.3, 0.4) is 0 Å². The van der Waals surface area contributed by atoms with Crippen molar-refractivity contribution in [1.82, 2.24) is 15.0 Å². The van der Waals surface area contributed by atoms with Gasteiger partial charge in [-0.05, 0) is 17.7 Å². The number of benzene rings is 2. The topological polar surface area (TPSA) is 94.0 Å². The smallest absolute Gasteiger partial charge is 0.356 e. The molecule has 0 fully saturated rings. The SMILES string of the molecule is N/C(=C(\C(=O)O)n1nnc2ccccc21)c1ccccc1. The van der Waals surface area contributed by atoms with Gasteiger partial charge < -0.3 is 10.8 Å². The maximum absolute atomic E-state index is 11.6. The molecule has 0 atom stereocenters. The highest BCUT2D eigenvalue weighted by Gasteiger charge is 2.19. The Balaban J connectivity index is 2.26. The second kappa shape index (κ2) is 5.09. The minimum atomic E-state index is -1.16. The number of carbonyl (C=O) groups is 1. The molecule has 3 N–H and O–H groups in total. The van der Waals surface area contributed by atoms with Crippen molar-refractivity contribution in [3.05, 3.63) is 60.2 Å². The van der Waals surface area contributed by atoms with Gasteiger partial charge in [0, 0.05) is 0 Å². The summed E-state index contributed by atoms with van der Waals surface area (Å²) in [4.78, 5) is 11.6. The van der Waals surface area contributed by atoms with Crippen molar-refractivity contribution in [3.8, 4) is 0 Å². The van der Waals surface area contributed by atoms with Crippen LogP contribution in [0.5, 0.6) is 0 Å². The Hall–Kier alpha value is -3.15. The predicted octanol–water partition coefficient (Wildman–Crippen LogP) is 1.80. The molecule has 6 heteroatoms. The van der Waals surface area contributed by atoms with Crippen LogP contribution in [-0.2, 0) is 4.79 Å². The van der Waals surface area contributed by atoms with Gasteiger partial charge in [-0.15, -0.1) is 5.10 Å². The quantitative estimate of drug-likeness (QED) is 0.713. The lowest BCUT2D eigenvalue weighted by Gasteiger charge is -2.08. The predicted molar refractivity (Wildman–Crippen MR) is 78.9 cm³/mol.